The molecule has 20 rings (SSSR count). The van der Waals surface area contributed by atoms with Crippen molar-refractivity contribution in [3.05, 3.63) is 428 Å². The second kappa shape index (κ2) is 27.1. The van der Waals surface area contributed by atoms with Crippen LogP contribution in [0.3, 0.4) is 0 Å². The minimum Gasteiger partial charge on any atom is -0.309 e. The fourth-order valence-electron chi connectivity index (χ4n) is 16.7. The van der Waals surface area contributed by atoms with Gasteiger partial charge >= 0.3 is 0 Å². The molecule has 488 valence electrons. The van der Waals surface area contributed by atoms with E-state index in [1.54, 1.807) is 0 Å². The molecule has 3 heterocycles. The number of nitrogens with zero attached hydrogens (tertiary/aromatic N) is 3. The van der Waals surface area contributed by atoms with Crippen LogP contribution >= 0.6 is 15.9 Å². The van der Waals surface area contributed by atoms with Crippen molar-refractivity contribution in [3.63, 3.8) is 0 Å². The third-order valence-corrected chi connectivity index (χ3v) is 31.2. The number of benzene rings is 16. The van der Waals surface area contributed by atoms with Crippen molar-refractivity contribution >= 4 is 139 Å². The van der Waals surface area contributed by atoms with Crippen LogP contribution in [0.5, 0.6) is 0 Å². The zero-order valence-electron chi connectivity index (χ0n) is 56.7. The monoisotopic (exact) mass is 1410 g/mol. The Hall–Kier alpha value is -12.2. The van der Waals surface area contributed by atoms with Crippen molar-refractivity contribution in [3.8, 4) is 28.2 Å². The van der Waals surface area contributed by atoms with E-state index in [-0.39, 0.29) is 0 Å². The van der Waals surface area contributed by atoms with Gasteiger partial charge in [0.1, 0.15) is 0 Å². The fraction of sp³-hybridized carbons (Fsp3) is 0.0103. The number of fused-ring (bicyclic) bond motifs is 12. The summed E-state index contributed by atoms with van der Waals surface area (Å²) in [6.07, 6.45) is 1.03. The van der Waals surface area contributed by atoms with Crippen molar-refractivity contribution in [2.24, 2.45) is 0 Å². The summed E-state index contributed by atoms with van der Waals surface area (Å²) in [6.45, 7) is 0. The summed E-state index contributed by atoms with van der Waals surface area (Å²) >= 11 is 3.57. The molecule has 0 aliphatic heterocycles. The first-order valence-electron chi connectivity index (χ1n) is 35.5. The second-order valence-corrected chi connectivity index (χ2v) is 35.3. The van der Waals surface area contributed by atoms with E-state index in [1.807, 2.05) is 6.07 Å². The number of aromatic nitrogens is 3. The van der Waals surface area contributed by atoms with Crippen molar-refractivity contribution in [1.29, 1.82) is 0 Å². The lowest BCUT2D eigenvalue weighted by atomic mass is 10.1. The SMILES string of the molecule is Brc1ccc2c(c1)c1ccccc1n2-c1ccccc1.c1ccc(-n2c3ccccc3c3cc(-n4c5ccccc5c5cc([Si](c6ccccc6)(c6ccccc6)c6ccccc6)ccc54)ccc32)cc1.c1ccc([Si](c2ccccc2)(c2ccccc2)c2ccc3c(c2)-c2ccccc2C3)cc1. The van der Waals surface area contributed by atoms with E-state index in [1.165, 1.54) is 141 Å². The molecule has 0 spiro atoms. The summed E-state index contributed by atoms with van der Waals surface area (Å²) < 4.78 is 8.27. The quantitative estimate of drug-likeness (QED) is 0.0906. The van der Waals surface area contributed by atoms with Crippen LogP contribution in [0.4, 0.5) is 0 Å². The topological polar surface area (TPSA) is 14.8 Å². The predicted octanol–water partition coefficient (Wildman–Crippen LogP) is 19.4. The van der Waals surface area contributed by atoms with Crippen molar-refractivity contribution < 1.29 is 0 Å². The first kappa shape index (κ1) is 63.0. The van der Waals surface area contributed by atoms with Crippen LogP contribution in [-0.4, -0.2) is 29.8 Å². The third kappa shape index (κ3) is 10.9. The van der Waals surface area contributed by atoms with Gasteiger partial charge in [0.2, 0.25) is 0 Å². The minimum absolute atomic E-state index is 1.03. The highest BCUT2D eigenvalue weighted by Gasteiger charge is 2.43. The molecule has 0 radical (unpaired) electrons. The molecule has 0 amide bonds. The lowest BCUT2D eigenvalue weighted by Crippen LogP contribution is -2.74. The molecule has 6 heteroatoms. The summed E-state index contributed by atoms with van der Waals surface area (Å²) in [5, 5.41) is 18.8. The Balaban J connectivity index is 0.000000123. The predicted molar refractivity (Wildman–Crippen MR) is 446 cm³/mol. The number of para-hydroxylation sites is 5. The van der Waals surface area contributed by atoms with Crippen LogP contribution in [0, 0.1) is 0 Å². The highest BCUT2D eigenvalue weighted by Crippen LogP contribution is 2.39. The van der Waals surface area contributed by atoms with Gasteiger partial charge in [-0.05, 0) is 155 Å². The normalized spacial score (nSPS) is 11.9. The van der Waals surface area contributed by atoms with E-state index in [0.717, 1.165) is 16.6 Å². The molecular formula is C97H70BrN3Si2. The minimum atomic E-state index is -2.68. The maximum Gasteiger partial charge on any atom is 0.179 e. The maximum absolute atomic E-state index is 3.57. The van der Waals surface area contributed by atoms with Crippen LogP contribution in [0.25, 0.3) is 93.6 Å². The van der Waals surface area contributed by atoms with Gasteiger partial charge in [-0.15, -0.1) is 0 Å². The van der Waals surface area contributed by atoms with Gasteiger partial charge in [0.05, 0.1) is 33.1 Å². The Kier molecular flexibility index (Phi) is 16.6. The smallest absolute Gasteiger partial charge is 0.179 e. The van der Waals surface area contributed by atoms with E-state index in [4.69, 9.17) is 0 Å². The van der Waals surface area contributed by atoms with Crippen molar-refractivity contribution in [2.75, 3.05) is 0 Å². The molecule has 103 heavy (non-hydrogen) atoms. The van der Waals surface area contributed by atoms with E-state index in [2.05, 4.69) is 436 Å². The Morgan fingerprint density at radius 1 is 0.194 bits per heavy atom. The zero-order valence-corrected chi connectivity index (χ0v) is 60.3. The highest BCUT2D eigenvalue weighted by atomic mass is 79.9. The van der Waals surface area contributed by atoms with E-state index in [0.29, 0.717) is 0 Å². The molecule has 19 aromatic rings. The second-order valence-electron chi connectivity index (χ2n) is 26.7. The number of rotatable bonds is 11. The average molecular weight is 1410 g/mol. The Bertz CT molecular complexity index is 6060. The molecule has 1 aliphatic carbocycles. The van der Waals surface area contributed by atoms with E-state index in [9.17, 15) is 0 Å². The number of hydrogen-bond acceptors (Lipinski definition) is 0. The van der Waals surface area contributed by atoms with Gasteiger partial charge in [0, 0.05) is 53.9 Å². The molecule has 0 N–H and O–H groups in total. The molecule has 16 aromatic carbocycles. The summed E-state index contributed by atoms with van der Waals surface area (Å²) in [7, 11) is -5.15. The van der Waals surface area contributed by atoms with Crippen LogP contribution in [-0.2, 0) is 6.42 Å². The van der Waals surface area contributed by atoms with E-state index >= 15 is 0 Å². The van der Waals surface area contributed by atoms with Crippen molar-refractivity contribution in [2.45, 2.75) is 6.42 Å². The number of hydrogen-bond donors (Lipinski definition) is 0. The van der Waals surface area contributed by atoms with Gasteiger partial charge < -0.3 is 13.7 Å². The molecular weight excluding hydrogens is 1340 g/mol. The van der Waals surface area contributed by atoms with Gasteiger partial charge in [0.15, 0.2) is 16.1 Å². The summed E-state index contributed by atoms with van der Waals surface area (Å²) in [5.41, 5.74) is 16.5. The highest BCUT2D eigenvalue weighted by molar-refractivity contribution is 9.10. The summed E-state index contributed by atoms with van der Waals surface area (Å²) in [4.78, 5) is 0. The lowest BCUT2D eigenvalue weighted by Gasteiger charge is -2.34. The summed E-state index contributed by atoms with van der Waals surface area (Å²) in [5.74, 6) is 0. The first-order valence-corrected chi connectivity index (χ1v) is 40.2. The maximum atomic E-state index is 3.57. The van der Waals surface area contributed by atoms with Crippen molar-refractivity contribution in [1.82, 2.24) is 13.7 Å². The van der Waals surface area contributed by atoms with Gasteiger partial charge in [0.25, 0.3) is 0 Å². The fourth-order valence-corrected chi connectivity index (χ4v) is 26.6. The third-order valence-electron chi connectivity index (χ3n) is 21.2. The molecule has 0 fully saturated rings. The number of halogens is 1. The largest absolute Gasteiger partial charge is 0.309 e. The Morgan fingerprint density at radius 2 is 0.495 bits per heavy atom. The van der Waals surface area contributed by atoms with Crippen LogP contribution in [0.1, 0.15) is 11.1 Å². The zero-order chi connectivity index (χ0) is 68.7. The first-order chi connectivity index (χ1) is 51.0. The van der Waals surface area contributed by atoms with E-state index < -0.39 is 16.1 Å². The molecule has 3 aromatic heterocycles. The Labute approximate surface area is 610 Å². The van der Waals surface area contributed by atoms with Crippen LogP contribution < -0.4 is 41.5 Å². The lowest BCUT2D eigenvalue weighted by molar-refractivity contribution is 1.17. The molecule has 1 aliphatic rings. The molecule has 0 bridgehead atoms. The molecule has 0 saturated carbocycles. The molecule has 0 atom stereocenters. The van der Waals surface area contributed by atoms with Crippen LogP contribution in [0.2, 0.25) is 0 Å². The standard InChI is InChI=1S/C48H34N2Si.C31H24Si.C18H12BrN/c1-5-17-35(18-6-1)49-45-27-15-13-25-41(45)43-33-36(29-31-47(43)49)50-46-28-16-14-26-42(46)44-34-40(30-32-48(44)50)51(37-19-7-2-8-20-37,38-21-9-3-10-22-38)39-23-11-4-12-24-39;1-4-13-26(14-5-1)32(27-15-6-2-7-16-27,28-17-8-3-9-18-28)29-21-20-25-22-24-12-10-11-19-30(24)31(25)23-29;19-13-10-11-18-16(12-13)15-8-4-5-9-17(15)20(18)14-6-2-1-3-7-14/h1-34H;1-21,23H,22H2;1-12H. The van der Waals surface area contributed by atoms with Gasteiger partial charge in [-0.3, -0.25) is 0 Å². The van der Waals surface area contributed by atoms with Gasteiger partial charge in [-0.25, -0.2) is 0 Å². The average Bonchev–Trinajstić information content (AvgIpc) is 1.57. The molecule has 0 saturated heterocycles. The summed E-state index contributed by atoms with van der Waals surface area (Å²) in [6, 6.07) is 151. The molecule has 0 unspecified atom stereocenters. The van der Waals surface area contributed by atoms with Crippen LogP contribution in [0.15, 0.2) is 417 Å². The van der Waals surface area contributed by atoms with Gasteiger partial charge in [-0.2, -0.15) is 0 Å². The molecule has 3 nitrogen and oxygen atoms in total. The Morgan fingerprint density at radius 3 is 0.932 bits per heavy atom. The van der Waals surface area contributed by atoms with Gasteiger partial charge in [-0.1, -0.05) is 344 Å².